The van der Waals surface area contributed by atoms with Gasteiger partial charge in [0, 0.05) is 30.3 Å². The topological polar surface area (TPSA) is 68.8 Å². The van der Waals surface area contributed by atoms with Crippen LogP contribution in [-0.2, 0) is 13.5 Å². The number of aromatic nitrogens is 5. The molecule has 1 amide bonds. The van der Waals surface area contributed by atoms with Crippen LogP contribution in [0.5, 0.6) is 0 Å². The Labute approximate surface area is 201 Å². The summed E-state index contributed by atoms with van der Waals surface area (Å²) in [6.07, 6.45) is 6.38. The molecule has 0 radical (unpaired) electrons. The molecular weight excluding hydrogens is 450 g/mol. The van der Waals surface area contributed by atoms with Gasteiger partial charge in [0.2, 0.25) is 0 Å². The van der Waals surface area contributed by atoms with E-state index in [1.807, 2.05) is 30.0 Å². The predicted molar refractivity (Wildman–Crippen MR) is 125 cm³/mol. The van der Waals surface area contributed by atoms with E-state index in [1.165, 1.54) is 16.9 Å². The van der Waals surface area contributed by atoms with Crippen molar-refractivity contribution in [3.63, 3.8) is 0 Å². The SMILES string of the molecule is Cc1ccc(-n2nccn2)c(C(=O)N2[C@@H]3CCC[C@H]2c2nn(C)c(-c4cc(F)cc(F)c4)c2C3)c1. The molecule has 6 rings (SSSR count). The van der Waals surface area contributed by atoms with E-state index in [0.717, 1.165) is 42.1 Å². The van der Waals surface area contributed by atoms with Gasteiger partial charge in [-0.1, -0.05) is 11.6 Å². The Morgan fingerprint density at radius 2 is 1.77 bits per heavy atom. The minimum atomic E-state index is -0.623. The molecule has 35 heavy (non-hydrogen) atoms. The number of hydrogen-bond acceptors (Lipinski definition) is 4. The van der Waals surface area contributed by atoms with Crippen LogP contribution in [0.15, 0.2) is 48.8 Å². The first-order valence-corrected chi connectivity index (χ1v) is 11.7. The van der Waals surface area contributed by atoms with Crippen molar-refractivity contribution in [2.45, 2.75) is 44.7 Å². The summed E-state index contributed by atoms with van der Waals surface area (Å²) < 4.78 is 29.7. The van der Waals surface area contributed by atoms with Gasteiger partial charge in [0.15, 0.2) is 0 Å². The number of aryl methyl sites for hydroxylation is 2. The van der Waals surface area contributed by atoms with Crippen molar-refractivity contribution >= 4 is 5.91 Å². The van der Waals surface area contributed by atoms with Crippen molar-refractivity contribution in [1.29, 1.82) is 0 Å². The number of rotatable bonds is 3. The zero-order valence-corrected chi connectivity index (χ0v) is 19.4. The minimum Gasteiger partial charge on any atom is -0.327 e. The highest BCUT2D eigenvalue weighted by Gasteiger charge is 2.44. The van der Waals surface area contributed by atoms with Gasteiger partial charge in [0.25, 0.3) is 5.91 Å². The summed E-state index contributed by atoms with van der Waals surface area (Å²) >= 11 is 0. The Balaban J connectivity index is 1.45. The average Bonchev–Trinajstić information content (AvgIpc) is 3.45. The number of carbonyl (C=O) groups is 1. The van der Waals surface area contributed by atoms with E-state index < -0.39 is 11.6 Å². The van der Waals surface area contributed by atoms with Crippen molar-refractivity contribution in [3.8, 4) is 16.9 Å². The molecule has 9 heteroatoms. The Kier molecular flexibility index (Phi) is 5.01. The molecule has 2 aromatic heterocycles. The zero-order valence-electron chi connectivity index (χ0n) is 19.4. The zero-order chi connectivity index (χ0) is 24.3. The van der Waals surface area contributed by atoms with Crippen LogP contribution in [0.4, 0.5) is 8.78 Å². The molecule has 0 unspecified atom stereocenters. The maximum absolute atomic E-state index is 14.1. The molecule has 2 aromatic carbocycles. The summed E-state index contributed by atoms with van der Waals surface area (Å²) in [5.41, 5.74) is 5.09. The van der Waals surface area contributed by atoms with Crippen LogP contribution in [0.2, 0.25) is 0 Å². The summed E-state index contributed by atoms with van der Waals surface area (Å²) in [5.74, 6) is -1.32. The minimum absolute atomic E-state index is 0.0333. The Morgan fingerprint density at radius 3 is 2.51 bits per heavy atom. The van der Waals surface area contributed by atoms with Gasteiger partial charge >= 0.3 is 0 Å². The Hall–Kier alpha value is -3.88. The highest BCUT2D eigenvalue weighted by molar-refractivity contribution is 5.98. The first-order chi connectivity index (χ1) is 16.9. The van der Waals surface area contributed by atoms with Crippen molar-refractivity contribution in [2.75, 3.05) is 0 Å². The lowest BCUT2D eigenvalue weighted by atomic mass is 9.81. The molecule has 178 valence electrons. The number of carbonyl (C=O) groups excluding carboxylic acids is 1. The van der Waals surface area contributed by atoms with Gasteiger partial charge in [-0.05, 0) is 56.9 Å². The monoisotopic (exact) mass is 474 g/mol. The standard InChI is InChI=1S/C26H24F2N6O/c1-15-6-7-22(34-29-8-9-30-34)20(10-15)26(35)33-19-4-3-5-23(33)24-21(14-19)25(32(2)31-24)16-11-17(27)13-18(28)12-16/h6-13,19,23H,3-5,14H2,1-2H3/t19-,23+/m1/s1. The fraction of sp³-hybridized carbons (Fsp3) is 0.308. The number of hydrogen-bond donors (Lipinski definition) is 0. The number of piperidine rings is 1. The second kappa shape index (κ2) is 8.11. The molecule has 4 heterocycles. The molecule has 2 bridgehead atoms. The summed E-state index contributed by atoms with van der Waals surface area (Å²) in [5, 5.41) is 13.2. The van der Waals surface area contributed by atoms with Gasteiger partial charge in [-0.2, -0.15) is 20.1 Å². The molecular formula is C26H24F2N6O. The first kappa shape index (κ1) is 21.6. The molecule has 0 spiro atoms. The van der Waals surface area contributed by atoms with E-state index in [2.05, 4.69) is 10.2 Å². The van der Waals surface area contributed by atoms with Crippen molar-refractivity contribution in [1.82, 2.24) is 29.7 Å². The quantitative estimate of drug-likeness (QED) is 0.437. The number of fused-ring (bicyclic) bond motifs is 4. The number of nitrogens with zero attached hydrogens (tertiary/aromatic N) is 6. The van der Waals surface area contributed by atoms with Crippen LogP contribution >= 0.6 is 0 Å². The summed E-state index contributed by atoms with van der Waals surface area (Å²) in [7, 11) is 1.79. The molecule has 1 fully saturated rings. The fourth-order valence-electron chi connectivity index (χ4n) is 5.68. The van der Waals surface area contributed by atoms with Crippen LogP contribution < -0.4 is 0 Å². The van der Waals surface area contributed by atoms with Crippen LogP contribution in [0.25, 0.3) is 16.9 Å². The third kappa shape index (κ3) is 3.53. The molecule has 0 aliphatic carbocycles. The maximum Gasteiger partial charge on any atom is 0.256 e. The van der Waals surface area contributed by atoms with Crippen LogP contribution in [0.1, 0.15) is 52.5 Å². The lowest BCUT2D eigenvalue weighted by molar-refractivity contribution is 0.0391. The van der Waals surface area contributed by atoms with E-state index in [9.17, 15) is 13.6 Å². The second-order valence-electron chi connectivity index (χ2n) is 9.35. The first-order valence-electron chi connectivity index (χ1n) is 11.7. The molecule has 2 atom stereocenters. The van der Waals surface area contributed by atoms with Crippen LogP contribution in [0.3, 0.4) is 0 Å². The molecule has 0 saturated carbocycles. The normalized spacial score (nSPS) is 19.0. The third-order valence-electron chi connectivity index (χ3n) is 7.06. The van der Waals surface area contributed by atoms with Gasteiger partial charge in [-0.3, -0.25) is 9.48 Å². The number of benzene rings is 2. The molecule has 2 aliphatic rings. The Morgan fingerprint density at radius 1 is 1.03 bits per heavy atom. The van der Waals surface area contributed by atoms with Gasteiger partial charge in [-0.15, -0.1) is 0 Å². The van der Waals surface area contributed by atoms with Gasteiger partial charge in [0.1, 0.15) is 11.6 Å². The van der Waals surface area contributed by atoms with Crippen molar-refractivity contribution in [3.05, 3.63) is 82.8 Å². The van der Waals surface area contributed by atoms with Crippen LogP contribution in [0, 0.1) is 18.6 Å². The highest BCUT2D eigenvalue weighted by atomic mass is 19.1. The fourth-order valence-corrected chi connectivity index (χ4v) is 5.68. The van der Waals surface area contributed by atoms with Crippen LogP contribution in [-0.4, -0.2) is 41.6 Å². The smallest absolute Gasteiger partial charge is 0.256 e. The van der Waals surface area contributed by atoms with E-state index in [1.54, 1.807) is 24.1 Å². The average molecular weight is 475 g/mol. The number of amides is 1. The van der Waals surface area contributed by atoms with E-state index >= 15 is 0 Å². The predicted octanol–water partition coefficient (Wildman–Crippen LogP) is 4.55. The van der Waals surface area contributed by atoms with E-state index in [-0.39, 0.29) is 18.0 Å². The molecule has 7 nitrogen and oxygen atoms in total. The summed E-state index contributed by atoms with van der Waals surface area (Å²) in [6.45, 7) is 1.95. The van der Waals surface area contributed by atoms with Crippen molar-refractivity contribution in [2.24, 2.45) is 7.05 Å². The highest BCUT2D eigenvalue weighted by Crippen LogP contribution is 2.45. The Bertz CT molecular complexity index is 1420. The second-order valence-corrected chi connectivity index (χ2v) is 9.35. The maximum atomic E-state index is 14.1. The molecule has 4 aromatic rings. The summed E-state index contributed by atoms with van der Waals surface area (Å²) in [6, 6.07) is 8.99. The molecule has 2 aliphatic heterocycles. The largest absolute Gasteiger partial charge is 0.327 e. The van der Waals surface area contributed by atoms with Gasteiger partial charge in [0.05, 0.1) is 41.1 Å². The summed E-state index contributed by atoms with van der Waals surface area (Å²) in [4.78, 5) is 17.5. The van der Waals surface area contributed by atoms with E-state index in [0.29, 0.717) is 28.9 Å². The third-order valence-corrected chi connectivity index (χ3v) is 7.06. The lowest BCUT2D eigenvalue weighted by Crippen LogP contribution is -2.50. The molecule has 0 N–H and O–H groups in total. The van der Waals surface area contributed by atoms with E-state index in [4.69, 9.17) is 5.10 Å². The van der Waals surface area contributed by atoms with Crippen molar-refractivity contribution < 1.29 is 13.6 Å². The number of halogens is 2. The van der Waals surface area contributed by atoms with Gasteiger partial charge in [-0.25, -0.2) is 8.78 Å². The molecule has 1 saturated heterocycles. The van der Waals surface area contributed by atoms with Gasteiger partial charge < -0.3 is 4.90 Å². The lowest BCUT2D eigenvalue weighted by Gasteiger charge is -2.45.